The Balaban J connectivity index is 1.43. The van der Waals surface area contributed by atoms with Gasteiger partial charge in [-0.25, -0.2) is 18.4 Å². The van der Waals surface area contributed by atoms with E-state index in [4.69, 9.17) is 11.6 Å². The molecular weight excluding hydrogens is 667 g/mol. The third-order valence-corrected chi connectivity index (χ3v) is 6.75. The van der Waals surface area contributed by atoms with Gasteiger partial charge in [0.2, 0.25) is 5.82 Å². The van der Waals surface area contributed by atoms with Gasteiger partial charge < -0.3 is 15.4 Å². The number of nitrogens with zero attached hydrogens (tertiary/aromatic N) is 8. The van der Waals surface area contributed by atoms with Gasteiger partial charge in [-0.05, 0) is 65.7 Å². The van der Waals surface area contributed by atoms with E-state index in [9.17, 15) is 36.8 Å². The normalized spacial score (nSPS) is 11.3. The summed E-state index contributed by atoms with van der Waals surface area (Å²) in [6.45, 7) is 1.18. The van der Waals surface area contributed by atoms with Gasteiger partial charge in [0.05, 0.1) is 33.6 Å². The maximum absolute atomic E-state index is 13.8. The molecule has 0 atom stereocenters. The van der Waals surface area contributed by atoms with Gasteiger partial charge in [-0.2, -0.15) is 15.2 Å². The number of tetrazole rings is 1. The monoisotopic (exact) mass is 686 g/mol. The van der Waals surface area contributed by atoms with Crippen molar-refractivity contribution in [2.75, 3.05) is 5.32 Å². The number of carbonyl (C=O) groups is 2. The summed E-state index contributed by atoms with van der Waals surface area (Å²) in [5.74, 6) is -2.69. The topological polar surface area (TPSA) is 166 Å². The Morgan fingerprint density at radius 2 is 1.83 bits per heavy atom. The lowest BCUT2D eigenvalue weighted by atomic mass is 10.0. The van der Waals surface area contributed by atoms with Crippen LogP contribution in [-0.4, -0.2) is 53.1 Å². The van der Waals surface area contributed by atoms with Gasteiger partial charge in [0.15, 0.2) is 5.82 Å². The second-order valence-corrected chi connectivity index (χ2v) is 10.3. The van der Waals surface area contributed by atoms with Crippen molar-refractivity contribution < 1.29 is 36.3 Å². The molecule has 19 heteroatoms. The first-order valence-corrected chi connectivity index (χ1v) is 13.9. The van der Waals surface area contributed by atoms with Crippen LogP contribution in [-0.2, 0) is 13.1 Å². The number of amides is 2. The van der Waals surface area contributed by atoms with E-state index in [2.05, 4.69) is 40.9 Å². The Morgan fingerprint density at radius 1 is 1.08 bits per heavy atom. The number of carbonyl (C=O) groups excluding carboxylic acids is 2. The molecule has 2 aromatic carbocycles. The maximum atomic E-state index is 13.8. The first-order valence-electron chi connectivity index (χ1n) is 13.6. The highest BCUT2D eigenvalue weighted by Gasteiger charge is 2.31. The SMILES string of the molecule is Cc1cc(C#N)cc(C(=O)NCc2ccc(OC(F)(F)F)cc2)c1NC(=O)c1cc(Cn2nnc(C(F)F)n2)nn1-c1ncccc1Cl. The van der Waals surface area contributed by atoms with Crippen molar-refractivity contribution in [2.24, 2.45) is 0 Å². The maximum Gasteiger partial charge on any atom is 0.573 e. The number of anilines is 1. The Labute approximate surface area is 271 Å². The number of aryl methyl sites for hydroxylation is 1. The van der Waals surface area contributed by atoms with E-state index in [1.807, 2.05) is 6.07 Å². The highest BCUT2D eigenvalue weighted by atomic mass is 35.5. The lowest BCUT2D eigenvalue weighted by Crippen LogP contribution is -2.26. The van der Waals surface area contributed by atoms with Gasteiger partial charge in [0.25, 0.3) is 11.8 Å². The van der Waals surface area contributed by atoms with Crippen molar-refractivity contribution in [1.82, 2.24) is 40.3 Å². The van der Waals surface area contributed by atoms with E-state index in [0.29, 0.717) is 11.1 Å². The molecule has 2 N–H and O–H groups in total. The van der Waals surface area contributed by atoms with Gasteiger partial charge in [-0.15, -0.1) is 23.4 Å². The van der Waals surface area contributed by atoms with Crippen molar-refractivity contribution in [3.05, 3.63) is 105 Å². The highest BCUT2D eigenvalue weighted by molar-refractivity contribution is 6.32. The number of alkyl halides is 5. The third kappa shape index (κ3) is 7.87. The summed E-state index contributed by atoms with van der Waals surface area (Å²) in [6, 6.07) is 13.8. The molecule has 0 unspecified atom stereocenters. The van der Waals surface area contributed by atoms with Gasteiger partial charge >= 0.3 is 12.8 Å². The molecule has 5 aromatic rings. The van der Waals surface area contributed by atoms with E-state index in [-0.39, 0.29) is 52.1 Å². The smallest absolute Gasteiger partial charge is 0.406 e. The van der Waals surface area contributed by atoms with E-state index >= 15 is 0 Å². The third-order valence-electron chi connectivity index (χ3n) is 6.46. The minimum atomic E-state index is -4.86. The molecule has 0 aliphatic carbocycles. The summed E-state index contributed by atoms with van der Waals surface area (Å²) in [6.07, 6.45) is -6.41. The number of hydrogen-bond donors (Lipinski definition) is 2. The molecule has 13 nitrogen and oxygen atoms in total. The van der Waals surface area contributed by atoms with Crippen molar-refractivity contribution >= 4 is 29.1 Å². The molecule has 0 aliphatic rings. The largest absolute Gasteiger partial charge is 0.573 e. The van der Waals surface area contributed by atoms with Gasteiger partial charge in [0.1, 0.15) is 18.0 Å². The van der Waals surface area contributed by atoms with Crippen LogP contribution in [0.3, 0.4) is 0 Å². The van der Waals surface area contributed by atoms with Gasteiger partial charge in [0, 0.05) is 12.7 Å². The zero-order valence-electron chi connectivity index (χ0n) is 24.3. The lowest BCUT2D eigenvalue weighted by Gasteiger charge is -2.16. The minimum absolute atomic E-state index is 0.0337. The predicted molar refractivity (Wildman–Crippen MR) is 156 cm³/mol. The molecule has 0 aliphatic heterocycles. The van der Waals surface area contributed by atoms with Crippen LogP contribution in [0, 0.1) is 18.3 Å². The number of pyridine rings is 1. The molecule has 0 spiro atoms. The van der Waals surface area contributed by atoms with Crippen LogP contribution in [0.2, 0.25) is 5.02 Å². The van der Waals surface area contributed by atoms with Crippen molar-refractivity contribution in [3.63, 3.8) is 0 Å². The molecule has 0 bridgehead atoms. The van der Waals surface area contributed by atoms with E-state index < -0.39 is 36.2 Å². The first kappa shape index (κ1) is 33.4. The Kier molecular flexibility index (Phi) is 9.61. The van der Waals surface area contributed by atoms with Crippen LogP contribution in [0.25, 0.3) is 5.82 Å². The van der Waals surface area contributed by atoms with Crippen molar-refractivity contribution in [3.8, 4) is 17.6 Å². The molecule has 0 radical (unpaired) electrons. The zero-order chi connectivity index (χ0) is 34.6. The quantitative estimate of drug-likeness (QED) is 0.189. The Morgan fingerprint density at radius 3 is 2.48 bits per heavy atom. The molecule has 2 amide bonds. The molecule has 5 rings (SSSR count). The van der Waals surface area contributed by atoms with Crippen LogP contribution >= 0.6 is 11.6 Å². The number of ether oxygens (including phenoxy) is 1. The number of nitrogens with one attached hydrogen (secondary N) is 2. The molecule has 0 saturated carbocycles. The number of halogens is 6. The highest BCUT2D eigenvalue weighted by Crippen LogP contribution is 2.27. The standard InChI is InChI=1S/C29H20ClF5N10O3/c1-15-9-17(12-36)10-20(27(46)38-13-16-4-6-19(7-5-16)48-29(33,34)35)23(15)39-28(47)22-11-18(14-44-42-25(24(31)32)40-43-44)41-45(22)26-21(30)3-2-8-37-26/h2-11,24H,13-14H2,1H3,(H,38,46)(H,39,47). The summed E-state index contributed by atoms with van der Waals surface area (Å²) in [5, 5.41) is 29.7. The van der Waals surface area contributed by atoms with E-state index in [1.54, 1.807) is 13.0 Å². The van der Waals surface area contributed by atoms with Crippen LogP contribution < -0.4 is 15.4 Å². The summed E-state index contributed by atoms with van der Waals surface area (Å²) >= 11 is 6.33. The fraction of sp³-hybridized carbons (Fsp3) is 0.172. The number of aromatic nitrogens is 7. The minimum Gasteiger partial charge on any atom is -0.406 e. The summed E-state index contributed by atoms with van der Waals surface area (Å²) in [5.41, 5.74) is 0.840. The van der Waals surface area contributed by atoms with Crippen LogP contribution in [0.15, 0.2) is 60.8 Å². The Bertz CT molecular complexity index is 2020. The molecule has 48 heavy (non-hydrogen) atoms. The second-order valence-electron chi connectivity index (χ2n) is 9.88. The number of benzene rings is 2. The fourth-order valence-electron chi connectivity index (χ4n) is 4.38. The fourth-order valence-corrected chi connectivity index (χ4v) is 4.58. The average molecular weight is 687 g/mol. The van der Waals surface area contributed by atoms with Crippen LogP contribution in [0.1, 0.15) is 55.5 Å². The molecule has 3 heterocycles. The molecular formula is C29H20ClF5N10O3. The molecule has 3 aromatic heterocycles. The predicted octanol–water partition coefficient (Wildman–Crippen LogP) is 5.15. The molecule has 246 valence electrons. The van der Waals surface area contributed by atoms with Gasteiger partial charge in [-0.3, -0.25) is 9.59 Å². The second kappa shape index (κ2) is 13.8. The Hall–Kier alpha value is -5.96. The summed E-state index contributed by atoms with van der Waals surface area (Å²) in [4.78, 5) is 32.2. The van der Waals surface area contributed by atoms with Crippen LogP contribution in [0.4, 0.5) is 27.6 Å². The van der Waals surface area contributed by atoms with E-state index in [0.717, 1.165) is 21.6 Å². The number of rotatable bonds is 10. The van der Waals surface area contributed by atoms with Crippen LogP contribution in [0.5, 0.6) is 5.75 Å². The molecule has 0 saturated heterocycles. The molecule has 0 fully saturated rings. The summed E-state index contributed by atoms with van der Waals surface area (Å²) < 4.78 is 68.4. The average Bonchev–Trinajstić information content (AvgIpc) is 3.68. The zero-order valence-corrected chi connectivity index (χ0v) is 25.1. The van der Waals surface area contributed by atoms with Crippen molar-refractivity contribution in [1.29, 1.82) is 5.26 Å². The van der Waals surface area contributed by atoms with Crippen molar-refractivity contribution in [2.45, 2.75) is 32.8 Å². The summed E-state index contributed by atoms with van der Waals surface area (Å²) in [7, 11) is 0. The van der Waals surface area contributed by atoms with E-state index in [1.165, 1.54) is 42.6 Å². The number of hydrogen-bond acceptors (Lipinski definition) is 9. The lowest BCUT2D eigenvalue weighted by molar-refractivity contribution is -0.274. The van der Waals surface area contributed by atoms with Gasteiger partial charge in [-0.1, -0.05) is 23.7 Å². The first-order chi connectivity index (χ1) is 22.8. The number of nitriles is 1.